The van der Waals surface area contributed by atoms with Crippen molar-refractivity contribution in [2.45, 2.75) is 13.0 Å². The summed E-state index contributed by atoms with van der Waals surface area (Å²) in [6.45, 7) is 4.86. The Morgan fingerprint density at radius 3 is 3.00 bits per heavy atom. The van der Waals surface area contributed by atoms with Crippen LogP contribution in [-0.2, 0) is 21.3 Å². The predicted molar refractivity (Wildman–Crippen MR) is 81.7 cm³/mol. The van der Waals surface area contributed by atoms with Crippen molar-refractivity contribution in [1.29, 1.82) is 0 Å². The second-order valence-corrected chi connectivity index (χ2v) is 9.00. The Kier molecular flexibility index (Phi) is 4.33. The molecule has 0 N–H and O–H groups in total. The van der Waals surface area contributed by atoms with Gasteiger partial charge in [0.15, 0.2) is 0 Å². The minimum Gasteiger partial charge on any atom is -0.379 e. The van der Waals surface area contributed by atoms with Crippen LogP contribution >= 0.6 is 11.3 Å². The molecule has 2 aliphatic rings. The molecule has 2 fully saturated rings. The van der Waals surface area contributed by atoms with Crippen molar-refractivity contribution in [3.05, 3.63) is 16.6 Å². The fourth-order valence-electron chi connectivity index (χ4n) is 3.17. The number of ether oxygens (including phenoxy) is 1. The lowest BCUT2D eigenvalue weighted by atomic mass is 9.88. The molecular weight excluding hydrogens is 310 g/mol. The molecule has 2 saturated heterocycles. The summed E-state index contributed by atoms with van der Waals surface area (Å²) in [5.41, 5.74) is -0.0726. The Bertz CT molecular complexity index is 575. The zero-order valence-corrected chi connectivity index (χ0v) is 13.8. The number of sulfonamides is 1. The van der Waals surface area contributed by atoms with E-state index < -0.39 is 10.0 Å². The van der Waals surface area contributed by atoms with E-state index in [2.05, 4.69) is 9.88 Å². The summed E-state index contributed by atoms with van der Waals surface area (Å²) in [6.07, 6.45) is 4.09. The number of likely N-dealkylation sites (tertiary alicyclic amines) is 1. The van der Waals surface area contributed by atoms with Crippen LogP contribution in [0.15, 0.2) is 11.6 Å². The van der Waals surface area contributed by atoms with E-state index in [1.54, 1.807) is 15.6 Å². The lowest BCUT2D eigenvalue weighted by Crippen LogP contribution is -2.42. The fourth-order valence-corrected chi connectivity index (χ4v) is 4.74. The highest BCUT2D eigenvalue weighted by molar-refractivity contribution is 7.88. The molecule has 0 saturated carbocycles. The van der Waals surface area contributed by atoms with Crippen molar-refractivity contribution in [1.82, 2.24) is 14.2 Å². The quantitative estimate of drug-likeness (QED) is 0.813. The van der Waals surface area contributed by atoms with Gasteiger partial charge in [0.05, 0.1) is 26.0 Å². The van der Waals surface area contributed by atoms with E-state index in [4.69, 9.17) is 4.74 Å². The summed E-state index contributed by atoms with van der Waals surface area (Å²) in [7, 11) is -3.16. The Balaban J connectivity index is 1.69. The summed E-state index contributed by atoms with van der Waals surface area (Å²) < 4.78 is 31.0. The van der Waals surface area contributed by atoms with Gasteiger partial charge < -0.3 is 4.74 Å². The third-order valence-electron chi connectivity index (χ3n) is 4.23. The monoisotopic (exact) mass is 331 g/mol. The molecule has 1 atom stereocenters. The van der Waals surface area contributed by atoms with Crippen LogP contribution in [0.2, 0.25) is 0 Å². The Morgan fingerprint density at radius 1 is 1.43 bits per heavy atom. The van der Waals surface area contributed by atoms with Gasteiger partial charge in [-0.15, -0.1) is 11.3 Å². The van der Waals surface area contributed by atoms with E-state index in [9.17, 15) is 8.42 Å². The first-order chi connectivity index (χ1) is 9.97. The van der Waals surface area contributed by atoms with Crippen molar-refractivity contribution in [2.24, 2.45) is 5.41 Å². The molecule has 1 spiro atoms. The number of thiazole rings is 1. The van der Waals surface area contributed by atoms with Gasteiger partial charge in [-0.25, -0.2) is 13.4 Å². The zero-order chi connectivity index (χ0) is 14.9. The number of hydrogen-bond donors (Lipinski definition) is 0. The third-order valence-corrected chi connectivity index (χ3v) is 6.25. The fraction of sp³-hybridized carbons (Fsp3) is 0.769. The largest absolute Gasteiger partial charge is 0.379 e. The first kappa shape index (κ1) is 15.4. The normalized spacial score (nSPS) is 29.0. The molecular formula is C13H21N3O3S2. The molecule has 8 heteroatoms. The maximum atomic E-state index is 11.9. The molecule has 0 aromatic carbocycles. The van der Waals surface area contributed by atoms with Crippen molar-refractivity contribution in [2.75, 3.05) is 45.6 Å². The van der Waals surface area contributed by atoms with Crippen LogP contribution in [0.1, 0.15) is 11.4 Å². The maximum absolute atomic E-state index is 11.9. The molecule has 0 radical (unpaired) electrons. The lowest BCUT2D eigenvalue weighted by molar-refractivity contribution is 0.0721. The van der Waals surface area contributed by atoms with Crippen LogP contribution in [0, 0.1) is 5.41 Å². The molecule has 0 unspecified atom stereocenters. The van der Waals surface area contributed by atoms with Crippen LogP contribution < -0.4 is 0 Å². The maximum Gasteiger partial charge on any atom is 0.211 e. The molecule has 2 aliphatic heterocycles. The minimum atomic E-state index is -3.16. The van der Waals surface area contributed by atoms with Crippen LogP contribution in [0.25, 0.3) is 0 Å². The van der Waals surface area contributed by atoms with Gasteiger partial charge in [0, 0.05) is 36.6 Å². The van der Waals surface area contributed by atoms with E-state index in [1.807, 2.05) is 11.6 Å². The smallest absolute Gasteiger partial charge is 0.211 e. The molecule has 118 valence electrons. The average Bonchev–Trinajstić information content (AvgIpc) is 2.98. The number of aromatic nitrogens is 1. The van der Waals surface area contributed by atoms with E-state index in [1.165, 1.54) is 6.26 Å². The van der Waals surface area contributed by atoms with Gasteiger partial charge >= 0.3 is 0 Å². The second kappa shape index (κ2) is 5.92. The van der Waals surface area contributed by atoms with Gasteiger partial charge in [-0.05, 0) is 13.0 Å². The summed E-state index contributed by atoms with van der Waals surface area (Å²) in [6, 6.07) is 0. The van der Waals surface area contributed by atoms with Gasteiger partial charge in [0.2, 0.25) is 10.0 Å². The van der Waals surface area contributed by atoms with Crippen LogP contribution in [0.5, 0.6) is 0 Å². The number of hydrogen-bond acceptors (Lipinski definition) is 6. The van der Waals surface area contributed by atoms with Gasteiger partial charge in [-0.2, -0.15) is 4.31 Å². The summed E-state index contributed by atoms with van der Waals surface area (Å²) in [5.74, 6) is 0. The molecule has 1 aromatic rings. The van der Waals surface area contributed by atoms with Gasteiger partial charge in [0.1, 0.15) is 5.01 Å². The van der Waals surface area contributed by atoms with Gasteiger partial charge in [0.25, 0.3) is 0 Å². The molecule has 1 aromatic heterocycles. The summed E-state index contributed by atoms with van der Waals surface area (Å²) >= 11 is 1.66. The van der Waals surface area contributed by atoms with Gasteiger partial charge in [-0.3, -0.25) is 4.90 Å². The average molecular weight is 331 g/mol. The highest BCUT2D eigenvalue weighted by Crippen LogP contribution is 2.34. The van der Waals surface area contributed by atoms with Gasteiger partial charge in [-0.1, -0.05) is 0 Å². The number of nitrogens with zero attached hydrogens (tertiary/aromatic N) is 3. The first-order valence-corrected chi connectivity index (χ1v) is 9.83. The van der Waals surface area contributed by atoms with Crippen molar-refractivity contribution in [3.63, 3.8) is 0 Å². The van der Waals surface area contributed by atoms with E-state index in [0.717, 1.165) is 31.1 Å². The Labute approximate surface area is 129 Å². The SMILES string of the molecule is CS(=O)(=O)N1CCOC[C@@]2(CCN(Cc3nccs3)C2)C1. The second-order valence-electron chi connectivity index (χ2n) is 6.04. The predicted octanol–water partition coefficient (Wildman–Crippen LogP) is 0.627. The summed E-state index contributed by atoms with van der Waals surface area (Å²) in [4.78, 5) is 6.68. The van der Waals surface area contributed by atoms with Crippen LogP contribution in [0.4, 0.5) is 0 Å². The Morgan fingerprint density at radius 2 is 2.29 bits per heavy atom. The lowest BCUT2D eigenvalue weighted by Gasteiger charge is -2.30. The van der Waals surface area contributed by atoms with Crippen molar-refractivity contribution in [3.8, 4) is 0 Å². The molecule has 0 amide bonds. The highest BCUT2D eigenvalue weighted by atomic mass is 32.2. The van der Waals surface area contributed by atoms with Crippen LogP contribution in [0.3, 0.4) is 0 Å². The van der Waals surface area contributed by atoms with E-state index in [-0.39, 0.29) is 5.41 Å². The molecule has 21 heavy (non-hydrogen) atoms. The topological polar surface area (TPSA) is 62.7 Å². The zero-order valence-electron chi connectivity index (χ0n) is 12.2. The highest BCUT2D eigenvalue weighted by Gasteiger charge is 2.42. The Hall–Kier alpha value is -0.540. The van der Waals surface area contributed by atoms with E-state index >= 15 is 0 Å². The third kappa shape index (κ3) is 3.62. The minimum absolute atomic E-state index is 0.0726. The van der Waals surface area contributed by atoms with E-state index in [0.29, 0.717) is 26.3 Å². The van der Waals surface area contributed by atoms with Crippen molar-refractivity contribution < 1.29 is 13.2 Å². The molecule has 3 heterocycles. The standard InChI is InChI=1S/C13H21N3O3S2/c1-21(17,18)16-5-6-19-11-13(10-16)2-4-15(9-13)8-12-14-3-7-20-12/h3,7H,2,4-6,8-11H2,1H3/t13-/m1/s1. The number of rotatable bonds is 3. The van der Waals surface area contributed by atoms with Crippen molar-refractivity contribution >= 4 is 21.4 Å². The molecule has 0 aliphatic carbocycles. The molecule has 3 rings (SSSR count). The molecule has 6 nitrogen and oxygen atoms in total. The molecule has 0 bridgehead atoms. The first-order valence-electron chi connectivity index (χ1n) is 7.11. The van der Waals surface area contributed by atoms with Crippen LogP contribution in [-0.4, -0.2) is 68.3 Å². The summed E-state index contributed by atoms with van der Waals surface area (Å²) in [5, 5.41) is 3.10.